The average Bonchev–Trinajstić information content (AvgIpc) is 3.02. The Bertz CT molecular complexity index is 710. The minimum Gasteiger partial charge on any atom is -0.478 e. The fraction of sp³-hybridized carbons (Fsp3) is 0.286. The molecule has 2 rings (SSSR count). The van der Waals surface area contributed by atoms with E-state index in [1.165, 1.54) is 29.3 Å². The highest BCUT2D eigenvalue weighted by molar-refractivity contribution is 6.05. The predicted octanol–water partition coefficient (Wildman–Crippen LogP) is 2.13. The van der Waals surface area contributed by atoms with E-state index in [1.807, 2.05) is 13.8 Å². The van der Waals surface area contributed by atoms with Crippen LogP contribution in [-0.2, 0) is 7.05 Å². The summed E-state index contributed by atoms with van der Waals surface area (Å²) >= 11 is 0. The van der Waals surface area contributed by atoms with Crippen molar-refractivity contribution in [1.82, 2.24) is 14.8 Å². The molecule has 2 aromatic heterocycles. The molecule has 0 saturated carbocycles. The minimum atomic E-state index is -1.10. The quantitative estimate of drug-likeness (QED) is 0.668. The Morgan fingerprint density at radius 3 is 2.71 bits per heavy atom. The fourth-order valence-electron chi connectivity index (χ4n) is 1.72. The number of carbonyl (C=O) groups is 2. The van der Waals surface area contributed by atoms with E-state index < -0.39 is 5.97 Å². The molecule has 0 aliphatic carbocycles. The minimum absolute atomic E-state index is 0.0320. The molecule has 0 aromatic carbocycles. The smallest absolute Gasteiger partial charge is 0.339 e. The zero-order valence-corrected chi connectivity index (χ0v) is 11.9. The van der Waals surface area contributed by atoms with Gasteiger partial charge in [-0.15, -0.1) is 0 Å². The lowest BCUT2D eigenvalue weighted by Crippen LogP contribution is -2.01. The summed E-state index contributed by atoms with van der Waals surface area (Å²) in [6, 6.07) is 0. The number of ketones is 1. The number of hydrogen-bond donors (Lipinski definition) is 1. The largest absolute Gasteiger partial charge is 0.478 e. The maximum atomic E-state index is 12.0. The van der Waals surface area contributed by atoms with Gasteiger partial charge in [-0.05, 0) is 12.2 Å². The van der Waals surface area contributed by atoms with E-state index in [2.05, 4.69) is 10.1 Å². The molecule has 0 aliphatic heterocycles. The number of aromatic nitrogens is 3. The zero-order valence-electron chi connectivity index (χ0n) is 11.9. The number of hydrogen-bond acceptors (Lipinski definition) is 5. The van der Waals surface area contributed by atoms with Crippen LogP contribution in [0.15, 0.2) is 23.0 Å². The maximum absolute atomic E-state index is 12.0. The molecule has 0 saturated heterocycles. The Morgan fingerprint density at radius 2 is 2.14 bits per heavy atom. The van der Waals surface area contributed by atoms with E-state index in [9.17, 15) is 9.59 Å². The summed E-state index contributed by atoms with van der Waals surface area (Å²) in [6.07, 6.45) is 5.19. The summed E-state index contributed by atoms with van der Waals surface area (Å²) in [6.45, 7) is 3.81. The normalized spacial score (nSPS) is 11.4. The number of carboxylic acids is 1. The lowest BCUT2D eigenvalue weighted by Gasteiger charge is -1.96. The molecule has 0 amide bonds. The Balaban J connectivity index is 2.22. The molecule has 0 unspecified atom stereocenters. The van der Waals surface area contributed by atoms with Crippen LogP contribution in [0.1, 0.15) is 52.2 Å². The van der Waals surface area contributed by atoms with Gasteiger partial charge in [0.05, 0.1) is 11.9 Å². The van der Waals surface area contributed by atoms with Gasteiger partial charge in [0.15, 0.2) is 5.89 Å². The molecule has 0 spiro atoms. The standard InChI is InChI=1S/C14H15N3O4/c1-8(2)13-16-10(7-21-13)12(18)5-4-11-9(14(19)20)6-15-17(11)3/h4-8H,1-3H3,(H,19,20)/b5-4+. The van der Waals surface area contributed by atoms with Crippen LogP contribution in [0.3, 0.4) is 0 Å². The van der Waals surface area contributed by atoms with Crippen molar-refractivity contribution in [2.75, 3.05) is 0 Å². The maximum Gasteiger partial charge on any atom is 0.339 e. The molecule has 0 atom stereocenters. The second kappa shape index (κ2) is 5.74. The van der Waals surface area contributed by atoms with Crippen molar-refractivity contribution >= 4 is 17.8 Å². The first-order chi connectivity index (χ1) is 9.90. The second-order valence-electron chi connectivity index (χ2n) is 4.80. The molecule has 7 heteroatoms. The number of oxazole rings is 1. The van der Waals surface area contributed by atoms with Crippen LogP contribution < -0.4 is 0 Å². The van der Waals surface area contributed by atoms with Gasteiger partial charge in [-0.1, -0.05) is 13.8 Å². The van der Waals surface area contributed by atoms with Crippen molar-refractivity contribution in [2.24, 2.45) is 7.05 Å². The van der Waals surface area contributed by atoms with Crippen LogP contribution in [0, 0.1) is 0 Å². The molecule has 21 heavy (non-hydrogen) atoms. The first-order valence-corrected chi connectivity index (χ1v) is 6.33. The van der Waals surface area contributed by atoms with Gasteiger partial charge in [-0.3, -0.25) is 9.48 Å². The first kappa shape index (κ1) is 14.7. The third kappa shape index (κ3) is 3.07. The molecule has 0 radical (unpaired) electrons. The Kier molecular flexibility index (Phi) is 4.02. The third-order valence-electron chi connectivity index (χ3n) is 2.88. The summed E-state index contributed by atoms with van der Waals surface area (Å²) in [7, 11) is 1.60. The molecule has 0 bridgehead atoms. The fourth-order valence-corrected chi connectivity index (χ4v) is 1.72. The van der Waals surface area contributed by atoms with Crippen molar-refractivity contribution < 1.29 is 19.1 Å². The van der Waals surface area contributed by atoms with Crippen molar-refractivity contribution in [2.45, 2.75) is 19.8 Å². The van der Waals surface area contributed by atoms with E-state index in [1.54, 1.807) is 7.05 Å². The lowest BCUT2D eigenvalue weighted by molar-refractivity contribution is 0.0696. The molecule has 2 heterocycles. The third-order valence-corrected chi connectivity index (χ3v) is 2.88. The van der Waals surface area contributed by atoms with Crippen molar-refractivity contribution in [3.05, 3.63) is 41.4 Å². The van der Waals surface area contributed by atoms with Gasteiger partial charge in [-0.2, -0.15) is 5.10 Å². The monoisotopic (exact) mass is 289 g/mol. The first-order valence-electron chi connectivity index (χ1n) is 6.33. The van der Waals surface area contributed by atoms with E-state index in [0.717, 1.165) is 0 Å². The van der Waals surface area contributed by atoms with Crippen molar-refractivity contribution in [3.63, 3.8) is 0 Å². The van der Waals surface area contributed by atoms with Crippen LogP contribution in [0.4, 0.5) is 0 Å². The van der Waals surface area contributed by atoms with Crippen LogP contribution >= 0.6 is 0 Å². The Hall–Kier alpha value is -2.70. The van der Waals surface area contributed by atoms with Crippen LogP contribution in [0.5, 0.6) is 0 Å². The number of aromatic carboxylic acids is 1. The number of allylic oxidation sites excluding steroid dienone is 1. The second-order valence-corrected chi connectivity index (χ2v) is 4.80. The molecule has 0 aliphatic rings. The van der Waals surface area contributed by atoms with E-state index in [0.29, 0.717) is 11.6 Å². The van der Waals surface area contributed by atoms with Crippen molar-refractivity contribution in [3.8, 4) is 0 Å². The molecule has 7 nitrogen and oxygen atoms in total. The topological polar surface area (TPSA) is 98.2 Å². The van der Waals surface area contributed by atoms with Crippen molar-refractivity contribution in [1.29, 1.82) is 0 Å². The van der Waals surface area contributed by atoms with E-state index >= 15 is 0 Å². The summed E-state index contributed by atoms with van der Waals surface area (Å²) in [5, 5.41) is 12.9. The molecule has 0 fully saturated rings. The highest BCUT2D eigenvalue weighted by Gasteiger charge is 2.15. The van der Waals surface area contributed by atoms with Gasteiger partial charge in [0.2, 0.25) is 5.78 Å². The summed E-state index contributed by atoms with van der Waals surface area (Å²) in [4.78, 5) is 27.1. The number of nitrogens with zero attached hydrogens (tertiary/aromatic N) is 3. The molecule has 1 N–H and O–H groups in total. The Labute approximate surface area is 120 Å². The number of carbonyl (C=O) groups excluding carboxylic acids is 1. The van der Waals surface area contributed by atoms with E-state index in [4.69, 9.17) is 9.52 Å². The highest BCUT2D eigenvalue weighted by Crippen LogP contribution is 2.15. The van der Waals surface area contributed by atoms with E-state index in [-0.39, 0.29) is 23.0 Å². The van der Waals surface area contributed by atoms with Crippen LogP contribution in [-0.4, -0.2) is 31.6 Å². The molecular weight excluding hydrogens is 274 g/mol. The number of aryl methyl sites for hydroxylation is 1. The van der Waals surface area contributed by atoms with Gasteiger partial charge < -0.3 is 9.52 Å². The number of carboxylic acid groups (broad SMARTS) is 1. The summed E-state index contributed by atoms with van der Waals surface area (Å²) < 4.78 is 6.58. The van der Waals surface area contributed by atoms with Gasteiger partial charge in [0, 0.05) is 13.0 Å². The average molecular weight is 289 g/mol. The Morgan fingerprint density at radius 1 is 1.43 bits per heavy atom. The molecule has 110 valence electrons. The van der Waals surface area contributed by atoms with Crippen LogP contribution in [0.2, 0.25) is 0 Å². The SMILES string of the molecule is CC(C)c1nc(C(=O)/C=C/c2c(C(=O)O)cnn2C)co1. The summed E-state index contributed by atoms with van der Waals surface area (Å²) in [5.41, 5.74) is 0.557. The predicted molar refractivity (Wildman–Crippen MR) is 74.1 cm³/mol. The van der Waals surface area contributed by atoms with Gasteiger partial charge in [0.25, 0.3) is 0 Å². The van der Waals surface area contributed by atoms with Gasteiger partial charge in [0.1, 0.15) is 17.5 Å². The lowest BCUT2D eigenvalue weighted by atomic mass is 10.2. The van der Waals surface area contributed by atoms with Crippen LogP contribution in [0.25, 0.3) is 6.08 Å². The molecule has 2 aromatic rings. The van der Waals surface area contributed by atoms with Gasteiger partial charge >= 0.3 is 5.97 Å². The number of rotatable bonds is 5. The zero-order chi connectivity index (χ0) is 15.6. The summed E-state index contributed by atoms with van der Waals surface area (Å²) in [5.74, 6) is -0.883. The van der Waals surface area contributed by atoms with Gasteiger partial charge in [-0.25, -0.2) is 9.78 Å². The highest BCUT2D eigenvalue weighted by atomic mass is 16.4. The molecular formula is C14H15N3O4.